The standard InChI is InChI=1S/C15H19N3O/c1-5-6-18-13(9-16-17-18)15(19)14-11(3)7-10(2)8-12(14)4/h7-9H,5-6H2,1-4H3. The molecule has 2 aromatic rings. The van der Waals surface area contributed by atoms with Crippen molar-refractivity contribution in [3.63, 3.8) is 0 Å². The molecule has 0 bridgehead atoms. The maximum Gasteiger partial charge on any atom is 0.213 e. The Balaban J connectivity index is 2.47. The third-order valence-corrected chi connectivity index (χ3v) is 3.19. The van der Waals surface area contributed by atoms with Gasteiger partial charge in [0.2, 0.25) is 5.78 Å². The van der Waals surface area contributed by atoms with E-state index in [0.717, 1.165) is 23.1 Å². The van der Waals surface area contributed by atoms with Crippen LogP contribution in [-0.2, 0) is 6.54 Å². The molecule has 1 aromatic heterocycles. The van der Waals surface area contributed by atoms with Gasteiger partial charge in [-0.3, -0.25) is 4.79 Å². The maximum atomic E-state index is 12.7. The van der Waals surface area contributed by atoms with E-state index in [1.165, 1.54) is 5.56 Å². The average molecular weight is 257 g/mol. The zero-order valence-electron chi connectivity index (χ0n) is 11.9. The van der Waals surface area contributed by atoms with Crippen LogP contribution in [-0.4, -0.2) is 20.8 Å². The van der Waals surface area contributed by atoms with E-state index in [4.69, 9.17) is 0 Å². The van der Waals surface area contributed by atoms with Gasteiger partial charge in [-0.2, -0.15) is 0 Å². The Hall–Kier alpha value is -1.97. The van der Waals surface area contributed by atoms with Crippen molar-refractivity contribution >= 4 is 5.78 Å². The number of carbonyl (C=O) groups excluding carboxylic acids is 1. The molecular formula is C15H19N3O. The van der Waals surface area contributed by atoms with E-state index in [9.17, 15) is 4.79 Å². The van der Waals surface area contributed by atoms with Gasteiger partial charge >= 0.3 is 0 Å². The van der Waals surface area contributed by atoms with E-state index in [2.05, 4.69) is 17.2 Å². The number of hydrogen-bond donors (Lipinski definition) is 0. The first-order valence-electron chi connectivity index (χ1n) is 6.55. The molecule has 100 valence electrons. The third-order valence-electron chi connectivity index (χ3n) is 3.19. The van der Waals surface area contributed by atoms with Gasteiger partial charge in [0.15, 0.2) is 0 Å². The third kappa shape index (κ3) is 2.57. The van der Waals surface area contributed by atoms with Crippen LogP contribution in [0.4, 0.5) is 0 Å². The van der Waals surface area contributed by atoms with Crippen molar-refractivity contribution in [2.75, 3.05) is 0 Å². The number of nitrogens with zero attached hydrogens (tertiary/aromatic N) is 3. The Labute approximate surface area is 113 Å². The molecule has 0 fully saturated rings. The molecule has 0 N–H and O–H groups in total. The second kappa shape index (κ2) is 5.34. The summed E-state index contributed by atoms with van der Waals surface area (Å²) in [6.45, 7) is 8.75. The lowest BCUT2D eigenvalue weighted by Crippen LogP contribution is -2.14. The van der Waals surface area contributed by atoms with E-state index < -0.39 is 0 Å². The van der Waals surface area contributed by atoms with Crippen LogP contribution in [0.25, 0.3) is 0 Å². The smallest absolute Gasteiger partial charge is 0.213 e. The van der Waals surface area contributed by atoms with E-state index in [-0.39, 0.29) is 5.78 Å². The Morgan fingerprint density at radius 1 is 1.21 bits per heavy atom. The summed E-state index contributed by atoms with van der Waals surface area (Å²) in [4.78, 5) is 12.7. The molecule has 0 amide bonds. The number of ketones is 1. The predicted octanol–water partition coefficient (Wildman–Crippen LogP) is 2.84. The molecule has 0 atom stereocenters. The van der Waals surface area contributed by atoms with Gasteiger partial charge in [0.1, 0.15) is 5.69 Å². The Morgan fingerprint density at radius 3 is 2.42 bits per heavy atom. The summed E-state index contributed by atoms with van der Waals surface area (Å²) in [6, 6.07) is 4.07. The fourth-order valence-electron chi connectivity index (χ4n) is 2.48. The molecule has 0 radical (unpaired) electrons. The molecule has 4 nitrogen and oxygen atoms in total. The van der Waals surface area contributed by atoms with E-state index in [1.807, 2.05) is 32.9 Å². The first kappa shape index (κ1) is 13.5. The second-order valence-electron chi connectivity index (χ2n) is 4.95. The van der Waals surface area contributed by atoms with Crippen LogP contribution in [0, 0.1) is 20.8 Å². The van der Waals surface area contributed by atoms with Gasteiger partial charge in [-0.15, -0.1) is 5.10 Å². The molecule has 0 saturated heterocycles. The van der Waals surface area contributed by atoms with Gasteiger partial charge in [-0.25, -0.2) is 4.68 Å². The number of benzene rings is 1. The molecule has 19 heavy (non-hydrogen) atoms. The van der Waals surface area contributed by atoms with Gasteiger partial charge in [0, 0.05) is 12.1 Å². The SMILES string of the molecule is CCCn1nncc1C(=O)c1c(C)cc(C)cc1C. The lowest BCUT2D eigenvalue weighted by atomic mass is 9.95. The van der Waals surface area contributed by atoms with Gasteiger partial charge in [-0.1, -0.05) is 29.8 Å². The summed E-state index contributed by atoms with van der Waals surface area (Å²) in [5.74, 6) is 0.00782. The number of rotatable bonds is 4. The molecule has 1 aromatic carbocycles. The van der Waals surface area contributed by atoms with Crippen molar-refractivity contribution in [3.05, 3.63) is 46.3 Å². The lowest BCUT2D eigenvalue weighted by molar-refractivity contribution is 0.102. The summed E-state index contributed by atoms with van der Waals surface area (Å²) in [7, 11) is 0. The van der Waals surface area contributed by atoms with Crippen molar-refractivity contribution in [3.8, 4) is 0 Å². The van der Waals surface area contributed by atoms with Crippen molar-refractivity contribution in [2.24, 2.45) is 0 Å². The van der Waals surface area contributed by atoms with Gasteiger partial charge in [-0.05, 0) is 38.3 Å². The first-order chi connectivity index (χ1) is 9.04. The van der Waals surface area contributed by atoms with Crippen LogP contribution in [0.1, 0.15) is 46.1 Å². The molecule has 0 aliphatic rings. The highest BCUT2D eigenvalue weighted by Gasteiger charge is 2.19. The molecular weight excluding hydrogens is 238 g/mol. The van der Waals surface area contributed by atoms with Gasteiger partial charge < -0.3 is 0 Å². The van der Waals surface area contributed by atoms with Crippen LogP contribution in [0.3, 0.4) is 0 Å². The van der Waals surface area contributed by atoms with Crippen LogP contribution >= 0.6 is 0 Å². The number of carbonyl (C=O) groups is 1. The molecule has 1 heterocycles. The fraction of sp³-hybridized carbons (Fsp3) is 0.400. The Morgan fingerprint density at radius 2 is 1.84 bits per heavy atom. The summed E-state index contributed by atoms with van der Waals surface area (Å²) in [5, 5.41) is 7.83. The number of aryl methyl sites for hydroxylation is 4. The highest BCUT2D eigenvalue weighted by Crippen LogP contribution is 2.20. The maximum absolute atomic E-state index is 12.7. The Bertz CT molecular complexity index is 591. The molecule has 0 saturated carbocycles. The number of aromatic nitrogens is 3. The first-order valence-corrected chi connectivity index (χ1v) is 6.55. The largest absolute Gasteiger partial charge is 0.287 e. The zero-order chi connectivity index (χ0) is 14.0. The minimum Gasteiger partial charge on any atom is -0.287 e. The molecule has 0 unspecified atom stereocenters. The zero-order valence-corrected chi connectivity index (χ0v) is 11.9. The van der Waals surface area contributed by atoms with Crippen molar-refractivity contribution in [2.45, 2.75) is 40.7 Å². The average Bonchev–Trinajstić information content (AvgIpc) is 2.76. The highest BCUT2D eigenvalue weighted by molar-refractivity contribution is 6.09. The van der Waals surface area contributed by atoms with Crippen molar-refractivity contribution < 1.29 is 4.79 Å². The minimum atomic E-state index is 0.00782. The van der Waals surface area contributed by atoms with Gasteiger partial charge in [0.25, 0.3) is 0 Å². The quantitative estimate of drug-likeness (QED) is 0.791. The summed E-state index contributed by atoms with van der Waals surface area (Å²) in [6.07, 6.45) is 2.48. The molecule has 0 spiro atoms. The molecule has 0 aliphatic carbocycles. The number of hydrogen-bond acceptors (Lipinski definition) is 3. The molecule has 0 aliphatic heterocycles. The molecule has 4 heteroatoms. The highest BCUT2D eigenvalue weighted by atomic mass is 16.1. The van der Waals surface area contributed by atoms with Gasteiger partial charge in [0.05, 0.1) is 6.20 Å². The van der Waals surface area contributed by atoms with Crippen LogP contribution in [0.5, 0.6) is 0 Å². The monoisotopic (exact) mass is 257 g/mol. The van der Waals surface area contributed by atoms with Crippen LogP contribution < -0.4 is 0 Å². The Kier molecular flexibility index (Phi) is 3.79. The summed E-state index contributed by atoms with van der Waals surface area (Å²) < 4.78 is 1.68. The van der Waals surface area contributed by atoms with Crippen LogP contribution in [0.2, 0.25) is 0 Å². The molecule has 2 rings (SSSR count). The van der Waals surface area contributed by atoms with Crippen molar-refractivity contribution in [1.29, 1.82) is 0 Å². The lowest BCUT2D eigenvalue weighted by Gasteiger charge is -2.10. The van der Waals surface area contributed by atoms with E-state index in [1.54, 1.807) is 10.9 Å². The minimum absolute atomic E-state index is 0.00782. The second-order valence-corrected chi connectivity index (χ2v) is 4.95. The van der Waals surface area contributed by atoms with Crippen LogP contribution in [0.15, 0.2) is 18.3 Å². The normalized spacial score (nSPS) is 10.7. The summed E-state index contributed by atoms with van der Waals surface area (Å²) in [5.41, 5.74) is 4.52. The topological polar surface area (TPSA) is 47.8 Å². The van der Waals surface area contributed by atoms with E-state index >= 15 is 0 Å². The fourth-order valence-corrected chi connectivity index (χ4v) is 2.48. The van der Waals surface area contributed by atoms with Crippen molar-refractivity contribution in [1.82, 2.24) is 15.0 Å². The predicted molar refractivity (Wildman–Crippen MR) is 74.4 cm³/mol. The summed E-state index contributed by atoms with van der Waals surface area (Å²) >= 11 is 0. The van der Waals surface area contributed by atoms with E-state index in [0.29, 0.717) is 12.2 Å².